The number of halogens is 13. The lowest BCUT2D eigenvalue weighted by atomic mass is 9.93. The number of alkyl halides is 13. The molecule has 1 amide bonds. The molecule has 0 unspecified atom stereocenters. The summed E-state index contributed by atoms with van der Waals surface area (Å²) in [4.78, 5) is 10.8. The smallest absolute Gasteiger partial charge is 0.336 e. The summed E-state index contributed by atoms with van der Waals surface area (Å²) in [5.74, 6) is -38.9. The summed E-state index contributed by atoms with van der Waals surface area (Å²) < 4.78 is 167. The third-order valence-electron chi connectivity index (χ3n) is 3.15. The molecule has 0 heterocycles. The molecule has 0 atom stereocenters. The van der Waals surface area contributed by atoms with Crippen LogP contribution in [0.25, 0.3) is 0 Å². The van der Waals surface area contributed by atoms with Gasteiger partial charge >= 0.3 is 35.8 Å². The van der Waals surface area contributed by atoms with Crippen molar-refractivity contribution in [3.05, 3.63) is 12.2 Å². The van der Waals surface area contributed by atoms with Crippen molar-refractivity contribution in [1.82, 2.24) is 4.90 Å². The Morgan fingerprint density at radius 2 is 1.03 bits per heavy atom. The summed E-state index contributed by atoms with van der Waals surface area (Å²) in [5.41, 5.74) is -0.586. The van der Waals surface area contributed by atoms with Gasteiger partial charge in [-0.15, -0.1) is 0 Å². The van der Waals surface area contributed by atoms with Gasteiger partial charge in [0.05, 0.1) is 6.54 Å². The van der Waals surface area contributed by atoms with Crippen LogP contribution in [0.4, 0.5) is 57.1 Å². The molecule has 0 spiro atoms. The van der Waals surface area contributed by atoms with Gasteiger partial charge in [0.1, 0.15) is 0 Å². The van der Waals surface area contributed by atoms with Crippen molar-refractivity contribution in [2.75, 3.05) is 13.6 Å². The molecule has 15 heteroatoms. The fourth-order valence-corrected chi connectivity index (χ4v) is 1.60. The Morgan fingerprint density at radius 1 is 0.724 bits per heavy atom. The Morgan fingerprint density at radius 3 is 1.31 bits per heavy atom. The van der Waals surface area contributed by atoms with Crippen LogP contribution in [-0.4, -0.2) is 60.2 Å². The minimum Gasteiger partial charge on any atom is -0.336 e. The molecule has 0 saturated carbocycles. The van der Waals surface area contributed by atoms with Crippen molar-refractivity contribution in [1.29, 1.82) is 0 Å². The van der Waals surface area contributed by atoms with Gasteiger partial charge < -0.3 is 4.90 Å². The lowest BCUT2D eigenvalue weighted by Crippen LogP contribution is -2.71. The molecule has 0 aromatic heterocycles. The van der Waals surface area contributed by atoms with E-state index in [-0.39, 0.29) is 4.90 Å². The van der Waals surface area contributed by atoms with E-state index in [4.69, 9.17) is 0 Å². The molecule has 0 aromatic carbocycles. The highest BCUT2D eigenvalue weighted by molar-refractivity contribution is 5.92. The topological polar surface area (TPSA) is 20.3 Å². The molecule has 0 bridgehead atoms. The maximum Gasteiger partial charge on any atom is 0.460 e. The minimum absolute atomic E-state index is 0.321. The van der Waals surface area contributed by atoms with Gasteiger partial charge in [-0.05, 0) is 6.92 Å². The van der Waals surface area contributed by atoms with Crippen molar-refractivity contribution in [3.63, 3.8) is 0 Å². The van der Waals surface area contributed by atoms with Crippen LogP contribution in [0, 0.1) is 0 Å². The van der Waals surface area contributed by atoms with Crippen LogP contribution in [0.3, 0.4) is 0 Å². The third kappa shape index (κ3) is 4.90. The summed E-state index contributed by atoms with van der Waals surface area (Å²) in [6, 6.07) is 0. The molecule has 0 aliphatic rings. The van der Waals surface area contributed by atoms with E-state index in [2.05, 4.69) is 6.58 Å². The first kappa shape index (κ1) is 29.5. The molecule has 0 aliphatic carbocycles. The average molecular weight is 461 g/mol. The van der Waals surface area contributed by atoms with Gasteiger partial charge in [-0.2, -0.15) is 57.1 Å². The Kier molecular flexibility index (Phi) is 8.73. The lowest BCUT2D eigenvalue weighted by molar-refractivity contribution is -0.439. The minimum atomic E-state index is -7.96. The van der Waals surface area contributed by atoms with E-state index in [9.17, 15) is 61.9 Å². The van der Waals surface area contributed by atoms with E-state index in [0.29, 0.717) is 7.05 Å². The van der Waals surface area contributed by atoms with Crippen molar-refractivity contribution < 1.29 is 61.9 Å². The Bertz CT molecular complexity index is 595. The largest absolute Gasteiger partial charge is 0.460 e. The van der Waals surface area contributed by atoms with E-state index in [1.54, 1.807) is 0 Å². The predicted molar refractivity (Wildman–Crippen MR) is 74.6 cm³/mol. The van der Waals surface area contributed by atoms with E-state index >= 15 is 0 Å². The van der Waals surface area contributed by atoms with E-state index in [1.807, 2.05) is 13.8 Å². The molecule has 0 aliphatic heterocycles. The van der Waals surface area contributed by atoms with Gasteiger partial charge in [0.15, 0.2) is 0 Å². The van der Waals surface area contributed by atoms with Crippen LogP contribution in [0.15, 0.2) is 12.2 Å². The molecule has 0 radical (unpaired) electrons. The normalized spacial score (nSPS) is 14.1. The molecule has 0 aromatic rings. The van der Waals surface area contributed by atoms with Crippen molar-refractivity contribution in [3.8, 4) is 0 Å². The van der Waals surface area contributed by atoms with Crippen LogP contribution < -0.4 is 0 Å². The summed E-state index contributed by atoms with van der Waals surface area (Å²) in [6.07, 6.45) is -7.46. The van der Waals surface area contributed by atoms with Gasteiger partial charge in [-0.25, -0.2) is 0 Å². The van der Waals surface area contributed by atoms with Crippen molar-refractivity contribution in [2.24, 2.45) is 0 Å². The van der Waals surface area contributed by atoms with Crippen LogP contribution >= 0.6 is 0 Å². The first-order valence-corrected chi connectivity index (χ1v) is 7.36. The number of hydrogen-bond acceptors (Lipinski definition) is 1. The Balaban J connectivity index is 0. The van der Waals surface area contributed by atoms with Crippen LogP contribution in [0.5, 0.6) is 0 Å². The Labute approximate surface area is 156 Å². The van der Waals surface area contributed by atoms with Crippen LogP contribution in [0.1, 0.15) is 20.8 Å². The van der Waals surface area contributed by atoms with Gasteiger partial charge in [-0.1, -0.05) is 20.4 Å². The van der Waals surface area contributed by atoms with Gasteiger partial charge in [0.2, 0.25) is 5.91 Å². The number of nitrogens with zero attached hydrogens (tertiary/aromatic N) is 1. The van der Waals surface area contributed by atoms with Crippen molar-refractivity contribution in [2.45, 2.75) is 56.6 Å². The summed E-state index contributed by atoms with van der Waals surface area (Å²) >= 11 is 0. The molecule has 0 saturated heterocycles. The van der Waals surface area contributed by atoms with Crippen LogP contribution in [-0.2, 0) is 4.79 Å². The Hall–Kier alpha value is -1.70. The monoisotopic (exact) mass is 461 g/mol. The quantitative estimate of drug-likeness (QED) is 0.348. The first-order chi connectivity index (χ1) is 12.5. The first-order valence-electron chi connectivity index (χ1n) is 7.36. The van der Waals surface area contributed by atoms with E-state index in [0.717, 1.165) is 6.92 Å². The predicted octanol–water partition coefficient (Wildman–Crippen LogP) is 5.79. The van der Waals surface area contributed by atoms with Crippen molar-refractivity contribution >= 4 is 5.91 Å². The van der Waals surface area contributed by atoms with E-state index < -0.39 is 53.8 Å². The molecule has 0 fully saturated rings. The van der Waals surface area contributed by atoms with Gasteiger partial charge in [0.25, 0.3) is 0 Å². The average Bonchev–Trinajstić information content (AvgIpc) is 2.53. The maximum absolute atomic E-state index is 13.5. The number of hydrogen-bond donors (Lipinski definition) is 0. The number of carbonyl (C=O) groups is 1. The zero-order valence-electron chi connectivity index (χ0n) is 15.2. The number of rotatable bonds is 7. The van der Waals surface area contributed by atoms with Gasteiger partial charge in [0, 0.05) is 12.6 Å². The molecule has 2 nitrogen and oxygen atoms in total. The zero-order valence-corrected chi connectivity index (χ0v) is 15.2. The molecule has 29 heavy (non-hydrogen) atoms. The van der Waals surface area contributed by atoms with E-state index in [1.165, 1.54) is 0 Å². The summed E-state index contributed by atoms with van der Waals surface area (Å²) in [7, 11) is 0.321. The highest BCUT2D eigenvalue weighted by Crippen LogP contribution is 2.60. The maximum atomic E-state index is 13.5. The second kappa shape index (κ2) is 8.58. The molecule has 0 rings (SSSR count). The van der Waals surface area contributed by atoms with Gasteiger partial charge in [-0.3, -0.25) is 4.79 Å². The highest BCUT2D eigenvalue weighted by Gasteiger charge is 2.90. The second-order valence-corrected chi connectivity index (χ2v) is 5.44. The highest BCUT2D eigenvalue weighted by atomic mass is 19.4. The lowest BCUT2D eigenvalue weighted by Gasteiger charge is -2.40. The fraction of sp³-hybridized carbons (Fsp3) is 0.786. The SMILES string of the molecule is C=C(C)C(=O)N(C)CC(F)(F)C(F)(F)C(F)(F)C(F)(F)C(F)(F)C(F)(F)F.CC. The molecular weight excluding hydrogens is 445 g/mol. The number of likely N-dealkylation sites (N-methyl/N-ethyl adjacent to an activating group) is 1. The molecule has 0 N–H and O–H groups in total. The number of amides is 1. The standard InChI is InChI=1S/C12H10F13NO.C2H6/c1-5(2)6(27)26(3)4-7(13,14)8(15,16)9(17,18)10(19,20)11(21,22)12(23,24)25;1-2/h1,4H2,2-3H3;1-2H3. The third-order valence-corrected chi connectivity index (χ3v) is 3.15. The summed E-state index contributed by atoms with van der Waals surface area (Å²) in [6.45, 7) is 5.05. The number of carbonyl (C=O) groups excluding carboxylic acids is 1. The second-order valence-electron chi connectivity index (χ2n) is 5.44. The molecule has 174 valence electrons. The summed E-state index contributed by atoms with van der Waals surface area (Å²) in [5, 5.41) is 0. The van der Waals surface area contributed by atoms with Crippen LogP contribution in [0.2, 0.25) is 0 Å². The molecular formula is C14H16F13NO. The zero-order chi connectivity index (χ0) is 24.4. The fourth-order valence-electron chi connectivity index (χ4n) is 1.60.